The Kier molecular flexibility index (Phi) is 5.33. The van der Waals surface area contributed by atoms with E-state index in [-0.39, 0.29) is 12.5 Å². The van der Waals surface area contributed by atoms with Crippen LogP contribution >= 0.6 is 22.9 Å². The number of thiazole rings is 1. The lowest BCUT2D eigenvalue weighted by Crippen LogP contribution is -2.19. The van der Waals surface area contributed by atoms with Crippen LogP contribution < -0.4 is 9.54 Å². The van der Waals surface area contributed by atoms with Gasteiger partial charge in [-0.25, -0.2) is 0 Å². The van der Waals surface area contributed by atoms with E-state index in [9.17, 15) is 4.79 Å². The highest BCUT2D eigenvalue weighted by atomic mass is 35.5. The van der Waals surface area contributed by atoms with Gasteiger partial charge in [-0.1, -0.05) is 42.0 Å². The molecule has 1 aromatic heterocycles. The average molecular weight is 361 g/mol. The third-order valence-electron chi connectivity index (χ3n) is 3.43. The number of carbonyl (C=O) groups is 1. The molecule has 0 bridgehead atoms. The maximum absolute atomic E-state index is 12.2. The summed E-state index contributed by atoms with van der Waals surface area (Å²) in [6, 6.07) is 15.0. The Hall–Kier alpha value is -2.11. The van der Waals surface area contributed by atoms with Gasteiger partial charge in [-0.3, -0.25) is 4.79 Å². The molecule has 24 heavy (non-hydrogen) atoms. The molecule has 1 amide bonds. The summed E-state index contributed by atoms with van der Waals surface area (Å²) in [6.45, 7) is 2.84. The molecule has 0 radical (unpaired) electrons. The molecule has 0 fully saturated rings. The third-order valence-corrected chi connectivity index (χ3v) is 4.74. The number of halogens is 1. The first-order valence-corrected chi connectivity index (χ1v) is 8.91. The van der Waals surface area contributed by atoms with E-state index in [0.717, 1.165) is 23.2 Å². The van der Waals surface area contributed by atoms with Crippen LogP contribution in [0.25, 0.3) is 10.2 Å². The molecule has 0 aliphatic rings. The zero-order valence-corrected chi connectivity index (χ0v) is 14.8. The first-order valence-electron chi connectivity index (χ1n) is 7.71. The van der Waals surface area contributed by atoms with Gasteiger partial charge in [0.05, 0.1) is 10.2 Å². The predicted octanol–water partition coefficient (Wildman–Crippen LogP) is 4.27. The maximum Gasteiger partial charge on any atom is 0.286 e. The summed E-state index contributed by atoms with van der Waals surface area (Å²) in [4.78, 5) is 17.1. The van der Waals surface area contributed by atoms with E-state index in [1.165, 1.54) is 11.3 Å². The summed E-state index contributed by atoms with van der Waals surface area (Å²) in [5.41, 5.74) is 1.11. The van der Waals surface area contributed by atoms with Crippen LogP contribution in [0.3, 0.4) is 0 Å². The fourth-order valence-corrected chi connectivity index (χ4v) is 3.56. The molecular weight excluding hydrogens is 344 g/mol. The number of ether oxygens (including phenoxy) is 1. The highest BCUT2D eigenvalue weighted by Gasteiger charge is 2.07. The molecule has 3 rings (SSSR count). The number of carbonyl (C=O) groups excluding carboxylic acids is 1. The van der Waals surface area contributed by atoms with E-state index in [1.807, 2.05) is 18.2 Å². The van der Waals surface area contributed by atoms with Gasteiger partial charge in [-0.15, -0.1) is 0 Å². The highest BCUT2D eigenvalue weighted by Crippen LogP contribution is 2.17. The van der Waals surface area contributed by atoms with E-state index in [2.05, 4.69) is 22.5 Å². The number of aryl methyl sites for hydroxylation is 1. The van der Waals surface area contributed by atoms with Crippen LogP contribution in [0.1, 0.15) is 13.3 Å². The van der Waals surface area contributed by atoms with Gasteiger partial charge in [-0.2, -0.15) is 4.99 Å². The number of fused-ring (bicyclic) bond motifs is 1. The minimum Gasteiger partial charge on any atom is -0.484 e. The normalized spacial score (nSPS) is 11.8. The lowest BCUT2D eigenvalue weighted by atomic mass is 10.3. The number of aromatic nitrogens is 1. The van der Waals surface area contributed by atoms with Crippen molar-refractivity contribution in [2.24, 2.45) is 4.99 Å². The number of amides is 1. The van der Waals surface area contributed by atoms with Gasteiger partial charge in [0, 0.05) is 11.6 Å². The molecule has 0 saturated carbocycles. The van der Waals surface area contributed by atoms with Crippen molar-refractivity contribution < 1.29 is 9.53 Å². The van der Waals surface area contributed by atoms with Crippen LogP contribution in [-0.2, 0) is 11.3 Å². The molecule has 1 heterocycles. The van der Waals surface area contributed by atoms with E-state index in [0.29, 0.717) is 15.6 Å². The minimum atomic E-state index is -0.304. The Morgan fingerprint density at radius 2 is 1.96 bits per heavy atom. The Morgan fingerprint density at radius 1 is 1.21 bits per heavy atom. The summed E-state index contributed by atoms with van der Waals surface area (Å²) < 4.78 is 8.67. The summed E-state index contributed by atoms with van der Waals surface area (Å²) in [7, 11) is 0. The van der Waals surface area contributed by atoms with Gasteiger partial charge in [0.1, 0.15) is 5.75 Å². The van der Waals surface area contributed by atoms with Crippen LogP contribution in [0.15, 0.2) is 53.5 Å². The molecule has 0 aliphatic heterocycles. The molecular formula is C18H17ClN2O2S. The molecule has 6 heteroatoms. The molecule has 0 unspecified atom stereocenters. The molecule has 4 nitrogen and oxygen atoms in total. The molecule has 0 spiro atoms. The fourth-order valence-electron chi connectivity index (χ4n) is 2.36. The van der Waals surface area contributed by atoms with Gasteiger partial charge in [0.2, 0.25) is 0 Å². The van der Waals surface area contributed by atoms with Crippen molar-refractivity contribution in [3.63, 3.8) is 0 Å². The van der Waals surface area contributed by atoms with Crippen LogP contribution in [0.4, 0.5) is 0 Å². The van der Waals surface area contributed by atoms with Crippen molar-refractivity contribution in [2.75, 3.05) is 6.61 Å². The van der Waals surface area contributed by atoms with Gasteiger partial charge >= 0.3 is 0 Å². The molecule has 2 aromatic carbocycles. The Bertz CT molecular complexity index is 913. The second kappa shape index (κ2) is 7.64. The van der Waals surface area contributed by atoms with Crippen molar-refractivity contribution in [1.29, 1.82) is 0 Å². The number of nitrogens with zero attached hydrogens (tertiary/aromatic N) is 2. The third kappa shape index (κ3) is 3.86. The lowest BCUT2D eigenvalue weighted by molar-refractivity contribution is -0.120. The number of hydrogen-bond donors (Lipinski definition) is 0. The topological polar surface area (TPSA) is 43.6 Å². The Balaban J connectivity index is 1.82. The molecule has 0 saturated heterocycles. The molecule has 3 aromatic rings. The first-order chi connectivity index (χ1) is 11.7. The van der Waals surface area contributed by atoms with Gasteiger partial charge in [-0.05, 0) is 42.8 Å². The highest BCUT2D eigenvalue weighted by molar-refractivity contribution is 7.16. The minimum absolute atomic E-state index is 0.0952. The van der Waals surface area contributed by atoms with Crippen molar-refractivity contribution in [3.8, 4) is 5.75 Å². The predicted molar refractivity (Wildman–Crippen MR) is 97.6 cm³/mol. The molecule has 124 valence electrons. The van der Waals surface area contributed by atoms with Crippen LogP contribution in [0.2, 0.25) is 5.02 Å². The smallest absolute Gasteiger partial charge is 0.286 e. The summed E-state index contributed by atoms with van der Waals surface area (Å²) >= 11 is 7.34. The van der Waals surface area contributed by atoms with Crippen molar-refractivity contribution in [1.82, 2.24) is 4.57 Å². The quantitative estimate of drug-likeness (QED) is 0.681. The number of benzene rings is 2. The van der Waals surface area contributed by atoms with Crippen LogP contribution in [-0.4, -0.2) is 17.1 Å². The van der Waals surface area contributed by atoms with E-state index >= 15 is 0 Å². The maximum atomic E-state index is 12.2. The summed E-state index contributed by atoms with van der Waals surface area (Å²) in [5, 5.41) is 0.629. The molecule has 0 atom stereocenters. The van der Waals surface area contributed by atoms with Crippen molar-refractivity contribution in [2.45, 2.75) is 19.9 Å². The molecule has 0 N–H and O–H groups in total. The van der Waals surface area contributed by atoms with E-state index in [1.54, 1.807) is 24.3 Å². The Labute approximate surface area is 149 Å². The van der Waals surface area contributed by atoms with Gasteiger partial charge in [0.25, 0.3) is 5.91 Å². The number of rotatable bonds is 5. The fraction of sp³-hybridized carbons (Fsp3) is 0.222. The lowest BCUT2D eigenvalue weighted by Gasteiger charge is -2.04. The van der Waals surface area contributed by atoms with Crippen LogP contribution in [0.5, 0.6) is 5.75 Å². The zero-order valence-electron chi connectivity index (χ0n) is 13.2. The number of hydrogen-bond acceptors (Lipinski definition) is 3. The van der Waals surface area contributed by atoms with E-state index < -0.39 is 0 Å². The monoisotopic (exact) mass is 360 g/mol. The SMILES string of the molecule is CCCn1c(=NC(=O)COc2ccc(Cl)cc2)sc2ccccc21. The number of para-hydroxylation sites is 1. The Morgan fingerprint density at radius 3 is 2.71 bits per heavy atom. The largest absolute Gasteiger partial charge is 0.484 e. The van der Waals surface area contributed by atoms with Crippen molar-refractivity contribution in [3.05, 3.63) is 58.4 Å². The van der Waals surface area contributed by atoms with Gasteiger partial charge in [0.15, 0.2) is 11.4 Å². The van der Waals surface area contributed by atoms with Crippen molar-refractivity contribution >= 4 is 39.1 Å². The first kappa shape index (κ1) is 16.7. The summed E-state index contributed by atoms with van der Waals surface area (Å²) in [6.07, 6.45) is 0.976. The second-order valence-electron chi connectivity index (χ2n) is 5.25. The van der Waals surface area contributed by atoms with Gasteiger partial charge < -0.3 is 9.30 Å². The average Bonchev–Trinajstić information content (AvgIpc) is 2.92. The van der Waals surface area contributed by atoms with Crippen LogP contribution in [0, 0.1) is 0 Å². The summed E-state index contributed by atoms with van der Waals surface area (Å²) in [5.74, 6) is 0.294. The van der Waals surface area contributed by atoms with E-state index in [4.69, 9.17) is 16.3 Å². The second-order valence-corrected chi connectivity index (χ2v) is 6.70. The zero-order chi connectivity index (χ0) is 16.9. The standard InChI is InChI=1S/C18H17ClN2O2S/c1-2-11-21-15-5-3-4-6-16(15)24-18(21)20-17(22)12-23-14-9-7-13(19)8-10-14/h3-10H,2,11-12H2,1H3. The molecule has 0 aliphatic carbocycles.